The standard InChI is InChI=1S/C13H20N2O2S/c1-11(12-5-3-2-4-6-12)10-18(16,17)15-8-7-13(14)9-15/h2-6,11,13H,7-10,14H2,1H3/t11?,13-/m0/s1. The van der Waals surface area contributed by atoms with E-state index < -0.39 is 10.0 Å². The normalized spacial score (nSPS) is 23.1. The lowest BCUT2D eigenvalue weighted by atomic mass is 10.0. The van der Waals surface area contributed by atoms with Crippen molar-refractivity contribution in [3.05, 3.63) is 35.9 Å². The molecule has 0 radical (unpaired) electrons. The van der Waals surface area contributed by atoms with Crippen molar-refractivity contribution in [2.75, 3.05) is 18.8 Å². The maximum Gasteiger partial charge on any atom is 0.214 e. The second kappa shape index (κ2) is 5.38. The van der Waals surface area contributed by atoms with Crippen LogP contribution in [-0.2, 0) is 10.0 Å². The molecule has 0 spiro atoms. The molecule has 18 heavy (non-hydrogen) atoms. The van der Waals surface area contributed by atoms with Gasteiger partial charge in [-0.2, -0.15) is 0 Å². The van der Waals surface area contributed by atoms with E-state index in [1.807, 2.05) is 37.3 Å². The molecule has 2 atom stereocenters. The van der Waals surface area contributed by atoms with E-state index in [0.29, 0.717) is 13.1 Å². The van der Waals surface area contributed by atoms with Gasteiger partial charge in [0.05, 0.1) is 5.75 Å². The zero-order valence-electron chi connectivity index (χ0n) is 10.6. The highest BCUT2D eigenvalue weighted by molar-refractivity contribution is 7.89. The highest BCUT2D eigenvalue weighted by Gasteiger charge is 2.30. The molecule has 0 aliphatic carbocycles. The predicted molar refractivity (Wildman–Crippen MR) is 72.8 cm³/mol. The van der Waals surface area contributed by atoms with Gasteiger partial charge in [0, 0.05) is 19.1 Å². The Hall–Kier alpha value is -0.910. The van der Waals surface area contributed by atoms with Crippen LogP contribution >= 0.6 is 0 Å². The molecular weight excluding hydrogens is 248 g/mol. The molecular formula is C13H20N2O2S. The summed E-state index contributed by atoms with van der Waals surface area (Å²) in [5.74, 6) is 0.164. The van der Waals surface area contributed by atoms with Gasteiger partial charge in [0.25, 0.3) is 0 Å². The van der Waals surface area contributed by atoms with E-state index >= 15 is 0 Å². The lowest BCUT2D eigenvalue weighted by molar-refractivity contribution is 0.469. The summed E-state index contributed by atoms with van der Waals surface area (Å²) in [6.07, 6.45) is 0.763. The number of rotatable bonds is 4. The lowest BCUT2D eigenvalue weighted by Gasteiger charge is -2.19. The van der Waals surface area contributed by atoms with Crippen molar-refractivity contribution >= 4 is 10.0 Å². The van der Waals surface area contributed by atoms with Crippen LogP contribution in [0.2, 0.25) is 0 Å². The molecule has 1 fully saturated rings. The van der Waals surface area contributed by atoms with Crippen LogP contribution in [0.1, 0.15) is 24.8 Å². The second-order valence-corrected chi connectivity index (χ2v) is 7.01. The van der Waals surface area contributed by atoms with Gasteiger partial charge in [0.1, 0.15) is 0 Å². The SMILES string of the molecule is CC(CS(=O)(=O)N1CC[C@H](N)C1)c1ccccc1. The van der Waals surface area contributed by atoms with Crippen molar-refractivity contribution in [3.63, 3.8) is 0 Å². The molecule has 2 rings (SSSR count). The zero-order valence-corrected chi connectivity index (χ0v) is 11.4. The largest absolute Gasteiger partial charge is 0.326 e. The van der Waals surface area contributed by atoms with Gasteiger partial charge < -0.3 is 5.73 Å². The monoisotopic (exact) mass is 268 g/mol. The Morgan fingerprint density at radius 1 is 1.39 bits per heavy atom. The van der Waals surface area contributed by atoms with Crippen molar-refractivity contribution < 1.29 is 8.42 Å². The fourth-order valence-electron chi connectivity index (χ4n) is 2.31. The van der Waals surface area contributed by atoms with Crippen LogP contribution in [0, 0.1) is 0 Å². The fraction of sp³-hybridized carbons (Fsp3) is 0.538. The summed E-state index contributed by atoms with van der Waals surface area (Å²) in [6, 6.07) is 9.73. The first-order valence-electron chi connectivity index (χ1n) is 6.27. The summed E-state index contributed by atoms with van der Waals surface area (Å²) in [4.78, 5) is 0. The molecule has 0 aromatic heterocycles. The molecule has 0 bridgehead atoms. The lowest BCUT2D eigenvalue weighted by Crippen LogP contribution is -2.34. The summed E-state index contributed by atoms with van der Waals surface area (Å²) in [6.45, 7) is 2.97. The van der Waals surface area contributed by atoms with E-state index in [1.165, 1.54) is 4.31 Å². The summed E-state index contributed by atoms with van der Waals surface area (Å²) in [7, 11) is -3.19. The average Bonchev–Trinajstić information content (AvgIpc) is 2.77. The van der Waals surface area contributed by atoms with E-state index in [9.17, 15) is 8.42 Å². The quantitative estimate of drug-likeness (QED) is 0.891. The number of benzene rings is 1. The minimum absolute atomic E-state index is 0.00743. The van der Waals surface area contributed by atoms with E-state index in [2.05, 4.69) is 0 Å². The van der Waals surface area contributed by atoms with Crippen LogP contribution in [0.3, 0.4) is 0 Å². The van der Waals surface area contributed by atoms with Gasteiger partial charge in [-0.1, -0.05) is 37.3 Å². The number of nitrogens with zero attached hydrogens (tertiary/aromatic N) is 1. The number of hydrogen-bond acceptors (Lipinski definition) is 3. The third kappa shape index (κ3) is 3.10. The number of sulfonamides is 1. The van der Waals surface area contributed by atoms with Gasteiger partial charge >= 0.3 is 0 Å². The third-order valence-electron chi connectivity index (χ3n) is 3.41. The van der Waals surface area contributed by atoms with Crippen molar-refractivity contribution in [3.8, 4) is 0 Å². The Morgan fingerprint density at radius 2 is 2.06 bits per heavy atom. The molecule has 1 heterocycles. The molecule has 0 amide bonds. The molecule has 2 N–H and O–H groups in total. The van der Waals surface area contributed by atoms with Gasteiger partial charge in [-0.05, 0) is 17.9 Å². The molecule has 1 unspecified atom stereocenters. The molecule has 0 saturated carbocycles. The molecule has 1 aliphatic heterocycles. The fourth-order valence-corrected chi connectivity index (χ4v) is 4.14. The van der Waals surface area contributed by atoms with E-state index in [1.54, 1.807) is 0 Å². The first kappa shape index (κ1) is 13.5. The molecule has 1 aliphatic rings. The smallest absolute Gasteiger partial charge is 0.214 e. The van der Waals surface area contributed by atoms with Gasteiger partial charge in [-0.3, -0.25) is 0 Å². The first-order chi connectivity index (χ1) is 8.49. The van der Waals surface area contributed by atoms with Crippen molar-refractivity contribution in [1.29, 1.82) is 0 Å². The maximum atomic E-state index is 12.2. The van der Waals surface area contributed by atoms with Crippen LogP contribution in [0.25, 0.3) is 0 Å². The minimum atomic E-state index is -3.19. The van der Waals surface area contributed by atoms with Crippen LogP contribution in [-0.4, -0.2) is 37.6 Å². The number of nitrogens with two attached hydrogens (primary N) is 1. The molecule has 5 heteroatoms. The highest BCUT2D eigenvalue weighted by Crippen LogP contribution is 2.21. The zero-order chi connectivity index (χ0) is 13.2. The minimum Gasteiger partial charge on any atom is -0.326 e. The summed E-state index contributed by atoms with van der Waals surface area (Å²) in [5.41, 5.74) is 6.82. The Kier molecular flexibility index (Phi) is 4.04. The van der Waals surface area contributed by atoms with Gasteiger partial charge in [0.15, 0.2) is 0 Å². The van der Waals surface area contributed by atoms with Crippen molar-refractivity contribution in [1.82, 2.24) is 4.31 Å². The Balaban J connectivity index is 2.04. The highest BCUT2D eigenvalue weighted by atomic mass is 32.2. The molecule has 4 nitrogen and oxygen atoms in total. The van der Waals surface area contributed by atoms with E-state index in [0.717, 1.165) is 12.0 Å². The maximum absolute atomic E-state index is 12.2. The molecule has 100 valence electrons. The topological polar surface area (TPSA) is 63.4 Å². The molecule has 1 saturated heterocycles. The van der Waals surface area contributed by atoms with Gasteiger partial charge in [-0.15, -0.1) is 0 Å². The summed E-state index contributed by atoms with van der Waals surface area (Å²) in [5, 5.41) is 0. The summed E-state index contributed by atoms with van der Waals surface area (Å²) < 4.78 is 26.0. The van der Waals surface area contributed by atoms with Crippen LogP contribution in [0.5, 0.6) is 0 Å². The molecule has 1 aromatic carbocycles. The van der Waals surface area contributed by atoms with Crippen LogP contribution < -0.4 is 5.73 Å². The Labute approximate surface area is 109 Å². The van der Waals surface area contributed by atoms with E-state index in [-0.39, 0.29) is 17.7 Å². The number of hydrogen-bond donors (Lipinski definition) is 1. The van der Waals surface area contributed by atoms with Crippen LogP contribution in [0.15, 0.2) is 30.3 Å². The first-order valence-corrected chi connectivity index (χ1v) is 7.88. The average molecular weight is 268 g/mol. The molecule has 1 aromatic rings. The Bertz CT molecular complexity index is 487. The Morgan fingerprint density at radius 3 is 2.61 bits per heavy atom. The van der Waals surface area contributed by atoms with Crippen molar-refractivity contribution in [2.24, 2.45) is 5.73 Å². The van der Waals surface area contributed by atoms with Crippen LogP contribution in [0.4, 0.5) is 0 Å². The second-order valence-electron chi connectivity index (χ2n) is 5.00. The predicted octanol–water partition coefficient (Wildman–Crippen LogP) is 1.15. The van der Waals surface area contributed by atoms with Crippen molar-refractivity contribution in [2.45, 2.75) is 25.3 Å². The van der Waals surface area contributed by atoms with Gasteiger partial charge in [-0.25, -0.2) is 12.7 Å². The third-order valence-corrected chi connectivity index (χ3v) is 5.45. The summed E-state index contributed by atoms with van der Waals surface area (Å²) >= 11 is 0. The van der Waals surface area contributed by atoms with Gasteiger partial charge in [0.2, 0.25) is 10.0 Å². The van der Waals surface area contributed by atoms with E-state index in [4.69, 9.17) is 5.73 Å².